The molecule has 1 rings (SSSR count). The maximum absolute atomic E-state index is 10.6. The molecule has 0 amide bonds. The fourth-order valence-corrected chi connectivity index (χ4v) is 1.78. The molecule has 0 bridgehead atoms. The minimum atomic E-state index is -2.37. The maximum atomic E-state index is 10.6. The minimum absolute atomic E-state index is 0.133. The molecule has 1 aliphatic rings. The monoisotopic (exact) mass is 219 g/mol. The Morgan fingerprint density at radius 3 is 2.00 bits per heavy atom. The van der Waals surface area contributed by atoms with Crippen LogP contribution in [0.1, 0.15) is 25.7 Å². The topological polar surface area (TPSA) is 129 Å². The first-order valence-corrected chi connectivity index (χ1v) is 4.32. The molecule has 0 aromatic carbocycles. The van der Waals surface area contributed by atoms with Gasteiger partial charge in [-0.3, -0.25) is 30.3 Å². The van der Waals surface area contributed by atoms with E-state index in [2.05, 4.69) is 0 Å². The molecule has 0 radical (unpaired) electrons. The van der Waals surface area contributed by atoms with E-state index in [4.69, 9.17) is 0 Å². The number of rotatable bonds is 3. The summed E-state index contributed by atoms with van der Waals surface area (Å²) in [5, 5.41) is 31.7. The van der Waals surface area contributed by atoms with Crippen molar-refractivity contribution >= 4 is 0 Å². The summed E-state index contributed by atoms with van der Waals surface area (Å²) in [7, 11) is 0. The average molecular weight is 219 g/mol. The molecule has 0 saturated heterocycles. The van der Waals surface area contributed by atoms with Crippen LogP contribution in [0.2, 0.25) is 0 Å². The van der Waals surface area contributed by atoms with Crippen molar-refractivity contribution in [3.05, 3.63) is 30.3 Å². The third kappa shape index (κ3) is 1.85. The van der Waals surface area contributed by atoms with Crippen LogP contribution in [-0.2, 0) is 0 Å². The Kier molecular flexibility index (Phi) is 2.82. The van der Waals surface area contributed by atoms with Crippen molar-refractivity contribution in [3.8, 4) is 0 Å². The van der Waals surface area contributed by atoms with Gasteiger partial charge >= 0.3 is 5.66 Å². The van der Waals surface area contributed by atoms with E-state index in [0.29, 0.717) is 0 Å². The zero-order valence-electron chi connectivity index (χ0n) is 7.70. The van der Waals surface area contributed by atoms with Crippen molar-refractivity contribution in [2.24, 2.45) is 0 Å². The lowest BCUT2D eigenvalue weighted by Crippen LogP contribution is -2.52. The molecule has 0 N–H and O–H groups in total. The standard InChI is InChI=1S/C6H9N3O6/c10-7(11)5-2-1-3-6(4-5,8(12)13)9(14)15/h5H,1-4H2. The highest BCUT2D eigenvalue weighted by Crippen LogP contribution is 2.32. The summed E-state index contributed by atoms with van der Waals surface area (Å²) in [6.07, 6.45) is -0.568. The third-order valence-corrected chi connectivity index (χ3v) is 2.65. The Balaban J connectivity index is 2.95. The van der Waals surface area contributed by atoms with E-state index >= 15 is 0 Å². The van der Waals surface area contributed by atoms with Crippen LogP contribution >= 0.6 is 0 Å². The zero-order valence-corrected chi connectivity index (χ0v) is 7.70. The van der Waals surface area contributed by atoms with Crippen LogP contribution in [0, 0.1) is 30.3 Å². The molecule has 1 saturated carbocycles. The van der Waals surface area contributed by atoms with E-state index in [9.17, 15) is 30.3 Å². The highest BCUT2D eigenvalue weighted by molar-refractivity contribution is 4.79. The number of hydrogen-bond acceptors (Lipinski definition) is 6. The van der Waals surface area contributed by atoms with Crippen molar-refractivity contribution < 1.29 is 14.8 Å². The molecule has 84 valence electrons. The summed E-state index contributed by atoms with van der Waals surface area (Å²) in [6.45, 7) is 0. The van der Waals surface area contributed by atoms with Crippen LogP contribution in [0.4, 0.5) is 0 Å². The molecule has 9 heteroatoms. The van der Waals surface area contributed by atoms with Gasteiger partial charge in [0.15, 0.2) is 6.42 Å². The normalized spacial score (nSPS) is 24.4. The molecule has 1 unspecified atom stereocenters. The summed E-state index contributed by atoms with van der Waals surface area (Å²) in [4.78, 5) is 29.0. The van der Waals surface area contributed by atoms with E-state index in [1.165, 1.54) is 0 Å². The first-order valence-electron chi connectivity index (χ1n) is 4.32. The third-order valence-electron chi connectivity index (χ3n) is 2.65. The summed E-state index contributed by atoms with van der Waals surface area (Å²) >= 11 is 0. The minimum Gasteiger partial charge on any atom is -0.264 e. The summed E-state index contributed by atoms with van der Waals surface area (Å²) in [5.74, 6) is 0. The molecule has 1 fully saturated rings. The van der Waals surface area contributed by atoms with Crippen molar-refractivity contribution in [1.82, 2.24) is 0 Å². The van der Waals surface area contributed by atoms with Gasteiger partial charge in [-0.2, -0.15) is 0 Å². The molecule has 0 aromatic heterocycles. The Labute approximate surface area is 83.5 Å². The largest absolute Gasteiger partial charge is 0.465 e. The second-order valence-corrected chi connectivity index (χ2v) is 3.53. The summed E-state index contributed by atoms with van der Waals surface area (Å²) < 4.78 is 0. The van der Waals surface area contributed by atoms with Crippen molar-refractivity contribution in [1.29, 1.82) is 0 Å². The SMILES string of the molecule is O=[N+]([O-])C1CCCC([N+](=O)[O-])([N+](=O)[O-])C1. The predicted molar refractivity (Wildman–Crippen MR) is 46.0 cm³/mol. The molecular weight excluding hydrogens is 210 g/mol. The van der Waals surface area contributed by atoms with Crippen LogP contribution in [0.25, 0.3) is 0 Å². The lowest BCUT2D eigenvalue weighted by atomic mass is 9.86. The number of nitrogens with zero attached hydrogens (tertiary/aromatic N) is 3. The average Bonchev–Trinajstić information content (AvgIpc) is 2.17. The van der Waals surface area contributed by atoms with Crippen LogP contribution in [0.5, 0.6) is 0 Å². The molecular formula is C6H9N3O6. The van der Waals surface area contributed by atoms with E-state index in [0.717, 1.165) is 0 Å². The molecule has 0 spiro atoms. The quantitative estimate of drug-likeness (QED) is 0.385. The summed E-state index contributed by atoms with van der Waals surface area (Å²) in [5.41, 5.74) is -2.37. The van der Waals surface area contributed by atoms with Crippen molar-refractivity contribution in [3.63, 3.8) is 0 Å². The zero-order chi connectivity index (χ0) is 11.6. The Morgan fingerprint density at radius 2 is 1.60 bits per heavy atom. The molecule has 15 heavy (non-hydrogen) atoms. The summed E-state index contributed by atoms with van der Waals surface area (Å²) in [6, 6.07) is -1.19. The van der Waals surface area contributed by atoms with E-state index < -0.39 is 32.9 Å². The molecule has 0 aromatic rings. The maximum Gasteiger partial charge on any atom is 0.465 e. The smallest absolute Gasteiger partial charge is 0.264 e. The first kappa shape index (κ1) is 11.3. The van der Waals surface area contributed by atoms with Gasteiger partial charge in [-0.15, -0.1) is 0 Å². The Hall–Kier alpha value is -1.80. The van der Waals surface area contributed by atoms with Gasteiger partial charge in [0.1, 0.15) is 0 Å². The van der Waals surface area contributed by atoms with Crippen LogP contribution in [0.3, 0.4) is 0 Å². The van der Waals surface area contributed by atoms with Gasteiger partial charge in [-0.05, 0) is 6.42 Å². The van der Waals surface area contributed by atoms with Gasteiger partial charge < -0.3 is 0 Å². The van der Waals surface area contributed by atoms with Gasteiger partial charge in [-0.1, -0.05) is 0 Å². The lowest BCUT2D eigenvalue weighted by Gasteiger charge is -2.23. The Morgan fingerprint density at radius 1 is 1.07 bits per heavy atom. The lowest BCUT2D eigenvalue weighted by molar-refractivity contribution is -0.806. The second kappa shape index (κ2) is 3.75. The van der Waals surface area contributed by atoms with Crippen molar-refractivity contribution in [2.75, 3.05) is 0 Å². The van der Waals surface area contributed by atoms with Crippen molar-refractivity contribution in [2.45, 2.75) is 37.4 Å². The van der Waals surface area contributed by atoms with Gasteiger partial charge in [0, 0.05) is 11.3 Å². The molecule has 0 heterocycles. The second-order valence-electron chi connectivity index (χ2n) is 3.53. The van der Waals surface area contributed by atoms with Gasteiger partial charge in [0.05, 0.1) is 16.3 Å². The van der Waals surface area contributed by atoms with E-state index in [-0.39, 0.29) is 19.3 Å². The van der Waals surface area contributed by atoms with E-state index in [1.807, 2.05) is 0 Å². The fraction of sp³-hybridized carbons (Fsp3) is 1.00. The number of hydrogen-bond donors (Lipinski definition) is 0. The van der Waals surface area contributed by atoms with Crippen LogP contribution in [0.15, 0.2) is 0 Å². The highest BCUT2D eigenvalue weighted by Gasteiger charge is 2.61. The highest BCUT2D eigenvalue weighted by atomic mass is 16.7. The fourth-order valence-electron chi connectivity index (χ4n) is 1.78. The molecule has 0 aliphatic heterocycles. The van der Waals surface area contributed by atoms with Crippen LogP contribution in [-0.4, -0.2) is 26.5 Å². The predicted octanol–water partition coefficient (Wildman–Crippen LogP) is 0.455. The molecule has 9 nitrogen and oxygen atoms in total. The van der Waals surface area contributed by atoms with E-state index in [1.54, 1.807) is 0 Å². The first-order chi connectivity index (χ1) is 6.90. The Bertz CT molecular complexity index is 302. The number of nitro groups is 3. The molecule has 1 atom stereocenters. The molecule has 1 aliphatic carbocycles. The van der Waals surface area contributed by atoms with Gasteiger partial charge in [0.25, 0.3) is 0 Å². The van der Waals surface area contributed by atoms with Gasteiger partial charge in [-0.25, -0.2) is 0 Å². The van der Waals surface area contributed by atoms with Crippen LogP contribution < -0.4 is 0 Å². The van der Waals surface area contributed by atoms with Gasteiger partial charge in [0.2, 0.25) is 6.04 Å².